The Balaban J connectivity index is 3.93. The summed E-state index contributed by atoms with van der Waals surface area (Å²) in [6.45, 7) is 1.80. The number of alkyl halides is 2. The molecule has 0 aromatic heterocycles. The zero-order valence-corrected chi connectivity index (χ0v) is 5.85. The molecule has 1 atom stereocenters. The van der Waals surface area contributed by atoms with Gasteiger partial charge >= 0.3 is 0 Å². The van der Waals surface area contributed by atoms with Crippen LogP contribution in [0.15, 0.2) is 11.6 Å². The lowest BCUT2D eigenvalue weighted by Crippen LogP contribution is -2.30. The SMILES string of the molecule is CC(=CCN)C(N)C(F)F. The van der Waals surface area contributed by atoms with E-state index in [0.717, 1.165) is 0 Å². The van der Waals surface area contributed by atoms with Gasteiger partial charge < -0.3 is 11.5 Å². The summed E-state index contributed by atoms with van der Waals surface area (Å²) in [5, 5.41) is 0. The summed E-state index contributed by atoms with van der Waals surface area (Å²) in [5.74, 6) is 0. The fourth-order valence-corrected chi connectivity index (χ4v) is 0.521. The molecular weight excluding hydrogens is 138 g/mol. The standard InChI is InChI=1S/C6H12F2N2/c1-4(2-3-9)5(10)6(7)8/h2,5-6H,3,9-10H2,1H3. The van der Waals surface area contributed by atoms with Crippen molar-refractivity contribution in [2.24, 2.45) is 11.5 Å². The predicted octanol–water partition coefficient (Wildman–Crippen LogP) is 0.484. The molecule has 0 aromatic carbocycles. The minimum Gasteiger partial charge on any atom is -0.327 e. The minimum atomic E-state index is -2.50. The second-order valence-corrected chi connectivity index (χ2v) is 2.04. The van der Waals surface area contributed by atoms with Gasteiger partial charge in [0.2, 0.25) is 0 Å². The van der Waals surface area contributed by atoms with Crippen molar-refractivity contribution >= 4 is 0 Å². The van der Waals surface area contributed by atoms with Gasteiger partial charge in [-0.15, -0.1) is 0 Å². The molecule has 0 rings (SSSR count). The summed E-state index contributed by atoms with van der Waals surface area (Å²) in [4.78, 5) is 0. The van der Waals surface area contributed by atoms with Crippen molar-refractivity contribution in [2.75, 3.05) is 6.54 Å². The normalized spacial score (nSPS) is 16.0. The highest BCUT2D eigenvalue weighted by Crippen LogP contribution is 2.06. The monoisotopic (exact) mass is 150 g/mol. The third-order valence-electron chi connectivity index (χ3n) is 1.24. The lowest BCUT2D eigenvalue weighted by molar-refractivity contribution is 0.129. The van der Waals surface area contributed by atoms with Crippen LogP contribution in [0.1, 0.15) is 6.92 Å². The van der Waals surface area contributed by atoms with Gasteiger partial charge in [-0.25, -0.2) is 8.78 Å². The Morgan fingerprint density at radius 1 is 1.60 bits per heavy atom. The van der Waals surface area contributed by atoms with E-state index in [1.807, 2.05) is 0 Å². The summed E-state index contributed by atoms with van der Waals surface area (Å²) in [7, 11) is 0. The van der Waals surface area contributed by atoms with Crippen LogP contribution >= 0.6 is 0 Å². The molecule has 0 aromatic rings. The maximum Gasteiger partial charge on any atom is 0.257 e. The largest absolute Gasteiger partial charge is 0.327 e. The zero-order chi connectivity index (χ0) is 8.15. The molecule has 0 fully saturated rings. The number of nitrogens with two attached hydrogens (primary N) is 2. The van der Waals surface area contributed by atoms with Crippen LogP contribution < -0.4 is 11.5 Å². The third-order valence-corrected chi connectivity index (χ3v) is 1.24. The molecule has 0 aliphatic rings. The van der Waals surface area contributed by atoms with E-state index in [0.29, 0.717) is 5.57 Å². The Labute approximate surface area is 58.9 Å². The maximum atomic E-state index is 11.8. The predicted molar refractivity (Wildman–Crippen MR) is 36.8 cm³/mol. The number of rotatable bonds is 3. The van der Waals surface area contributed by atoms with Gasteiger partial charge in [0.15, 0.2) is 0 Å². The molecule has 60 valence electrons. The fraction of sp³-hybridized carbons (Fsp3) is 0.667. The van der Waals surface area contributed by atoms with Crippen molar-refractivity contribution < 1.29 is 8.78 Å². The van der Waals surface area contributed by atoms with Gasteiger partial charge in [0.1, 0.15) is 0 Å². The molecule has 0 aliphatic carbocycles. The van der Waals surface area contributed by atoms with Crippen LogP contribution in [-0.4, -0.2) is 19.0 Å². The van der Waals surface area contributed by atoms with Crippen LogP contribution in [0.2, 0.25) is 0 Å². The molecule has 0 amide bonds. The molecule has 0 saturated heterocycles. The van der Waals surface area contributed by atoms with Crippen LogP contribution in [-0.2, 0) is 0 Å². The minimum absolute atomic E-state index is 0.256. The van der Waals surface area contributed by atoms with E-state index in [1.54, 1.807) is 6.92 Å². The quantitative estimate of drug-likeness (QED) is 0.575. The molecular formula is C6H12F2N2. The zero-order valence-electron chi connectivity index (χ0n) is 5.85. The first-order valence-corrected chi connectivity index (χ1v) is 3.00. The summed E-state index contributed by atoms with van der Waals surface area (Å²) < 4.78 is 23.6. The Bertz CT molecular complexity index is 123. The highest BCUT2D eigenvalue weighted by molar-refractivity contribution is 5.08. The first-order valence-electron chi connectivity index (χ1n) is 3.00. The average molecular weight is 150 g/mol. The first-order chi connectivity index (χ1) is 4.59. The highest BCUT2D eigenvalue weighted by Gasteiger charge is 2.15. The lowest BCUT2D eigenvalue weighted by Gasteiger charge is -2.09. The van der Waals surface area contributed by atoms with Crippen molar-refractivity contribution in [1.29, 1.82) is 0 Å². The van der Waals surface area contributed by atoms with Gasteiger partial charge in [0.25, 0.3) is 6.43 Å². The Hall–Kier alpha value is -0.480. The molecule has 0 aliphatic heterocycles. The molecule has 0 saturated carbocycles. The fourth-order valence-electron chi connectivity index (χ4n) is 0.521. The van der Waals surface area contributed by atoms with E-state index < -0.39 is 12.5 Å². The van der Waals surface area contributed by atoms with Gasteiger partial charge in [0.05, 0.1) is 6.04 Å². The van der Waals surface area contributed by atoms with Crippen molar-refractivity contribution in [3.63, 3.8) is 0 Å². The molecule has 0 heterocycles. The van der Waals surface area contributed by atoms with E-state index in [-0.39, 0.29) is 6.54 Å². The third kappa shape index (κ3) is 2.89. The molecule has 2 nitrogen and oxygen atoms in total. The van der Waals surface area contributed by atoms with Gasteiger partial charge in [0, 0.05) is 6.54 Å². The van der Waals surface area contributed by atoms with Gasteiger partial charge in [-0.2, -0.15) is 0 Å². The number of halogens is 2. The second-order valence-electron chi connectivity index (χ2n) is 2.04. The molecule has 0 radical (unpaired) electrons. The Kier molecular flexibility index (Phi) is 4.14. The molecule has 10 heavy (non-hydrogen) atoms. The topological polar surface area (TPSA) is 52.0 Å². The van der Waals surface area contributed by atoms with E-state index in [9.17, 15) is 8.78 Å². The molecule has 4 N–H and O–H groups in total. The summed E-state index contributed by atoms with van der Waals surface area (Å²) in [6.07, 6.45) is -1.00. The maximum absolute atomic E-state index is 11.8. The summed E-state index contributed by atoms with van der Waals surface area (Å²) in [5.41, 5.74) is 10.6. The van der Waals surface area contributed by atoms with Gasteiger partial charge in [-0.05, 0) is 6.92 Å². The van der Waals surface area contributed by atoms with E-state index in [2.05, 4.69) is 0 Å². The first kappa shape index (κ1) is 9.52. The Morgan fingerprint density at radius 3 is 2.40 bits per heavy atom. The van der Waals surface area contributed by atoms with E-state index in [4.69, 9.17) is 11.5 Å². The number of hydrogen-bond donors (Lipinski definition) is 2. The van der Waals surface area contributed by atoms with Crippen molar-refractivity contribution in [1.82, 2.24) is 0 Å². The second kappa shape index (κ2) is 4.35. The van der Waals surface area contributed by atoms with Crippen LogP contribution in [0.3, 0.4) is 0 Å². The summed E-state index contributed by atoms with van der Waals surface area (Å²) in [6, 6.07) is -1.16. The molecule has 4 heteroatoms. The summed E-state index contributed by atoms with van der Waals surface area (Å²) >= 11 is 0. The van der Waals surface area contributed by atoms with Crippen molar-refractivity contribution in [3.8, 4) is 0 Å². The van der Waals surface area contributed by atoms with Gasteiger partial charge in [-0.3, -0.25) is 0 Å². The van der Waals surface area contributed by atoms with E-state index >= 15 is 0 Å². The smallest absolute Gasteiger partial charge is 0.257 e. The van der Waals surface area contributed by atoms with Gasteiger partial charge in [-0.1, -0.05) is 11.6 Å². The van der Waals surface area contributed by atoms with Crippen LogP contribution in [0, 0.1) is 0 Å². The van der Waals surface area contributed by atoms with Crippen LogP contribution in [0.25, 0.3) is 0 Å². The lowest BCUT2D eigenvalue weighted by atomic mass is 10.1. The number of hydrogen-bond acceptors (Lipinski definition) is 2. The van der Waals surface area contributed by atoms with E-state index in [1.165, 1.54) is 6.08 Å². The molecule has 1 unspecified atom stereocenters. The molecule has 0 spiro atoms. The van der Waals surface area contributed by atoms with Crippen LogP contribution in [0.4, 0.5) is 8.78 Å². The van der Waals surface area contributed by atoms with Crippen molar-refractivity contribution in [3.05, 3.63) is 11.6 Å². The van der Waals surface area contributed by atoms with Crippen LogP contribution in [0.5, 0.6) is 0 Å². The Morgan fingerprint density at radius 2 is 2.10 bits per heavy atom. The van der Waals surface area contributed by atoms with Crippen molar-refractivity contribution in [2.45, 2.75) is 19.4 Å². The average Bonchev–Trinajstić information content (AvgIpc) is 1.87. The molecule has 0 bridgehead atoms. The highest BCUT2D eigenvalue weighted by atomic mass is 19.3.